The van der Waals surface area contributed by atoms with Crippen LogP contribution in [0, 0.1) is 0 Å². The average molecular weight is 258 g/mol. The van der Waals surface area contributed by atoms with Crippen LogP contribution < -0.4 is 5.73 Å². The van der Waals surface area contributed by atoms with Crippen LogP contribution in [-0.2, 0) is 9.53 Å². The van der Waals surface area contributed by atoms with Gasteiger partial charge in [0.2, 0.25) is 0 Å². The van der Waals surface area contributed by atoms with Gasteiger partial charge >= 0.3 is 5.97 Å². The van der Waals surface area contributed by atoms with E-state index < -0.39 is 6.04 Å². The van der Waals surface area contributed by atoms with E-state index in [0.29, 0.717) is 6.61 Å². The monoisotopic (exact) mass is 258 g/mol. The van der Waals surface area contributed by atoms with E-state index in [1.54, 1.807) is 6.92 Å². The maximum Gasteiger partial charge on any atom is 0.322 e. The van der Waals surface area contributed by atoms with Gasteiger partial charge < -0.3 is 15.4 Å². The molecule has 0 aromatic heterocycles. The molecule has 0 aromatic carbocycles. The second-order valence-corrected chi connectivity index (χ2v) is 4.70. The van der Waals surface area contributed by atoms with Crippen LogP contribution in [-0.4, -0.2) is 43.2 Å². The van der Waals surface area contributed by atoms with Crippen molar-refractivity contribution in [3.05, 3.63) is 0 Å². The van der Waals surface area contributed by atoms with E-state index in [-0.39, 0.29) is 5.97 Å². The molecule has 0 spiro atoms. The Hall–Kier alpha value is -0.610. The highest BCUT2D eigenvalue weighted by Crippen LogP contribution is 2.04. The van der Waals surface area contributed by atoms with Crippen LogP contribution in [0.3, 0.4) is 0 Å². The van der Waals surface area contributed by atoms with Crippen molar-refractivity contribution >= 4 is 5.97 Å². The van der Waals surface area contributed by atoms with Gasteiger partial charge in [-0.15, -0.1) is 0 Å². The lowest BCUT2D eigenvalue weighted by Crippen LogP contribution is -2.32. The van der Waals surface area contributed by atoms with Crippen LogP contribution in [0.2, 0.25) is 0 Å². The number of nitrogens with zero attached hydrogens (tertiary/aromatic N) is 1. The predicted octanol–water partition coefficient (Wildman–Crippen LogP) is 2.17. The fourth-order valence-electron chi connectivity index (χ4n) is 2.03. The third-order valence-corrected chi connectivity index (χ3v) is 2.91. The molecule has 0 saturated heterocycles. The second kappa shape index (κ2) is 11.5. The largest absolute Gasteiger partial charge is 0.465 e. The smallest absolute Gasteiger partial charge is 0.322 e. The molecule has 0 aliphatic rings. The topological polar surface area (TPSA) is 55.6 Å². The Balaban J connectivity index is 3.66. The lowest BCUT2D eigenvalue weighted by atomic mass is 10.1. The molecule has 0 saturated carbocycles. The summed E-state index contributed by atoms with van der Waals surface area (Å²) in [7, 11) is 0. The van der Waals surface area contributed by atoms with Gasteiger partial charge in [0.15, 0.2) is 0 Å². The number of unbranched alkanes of at least 4 members (excludes halogenated alkanes) is 1. The van der Waals surface area contributed by atoms with E-state index in [4.69, 9.17) is 10.5 Å². The summed E-state index contributed by atoms with van der Waals surface area (Å²) in [5, 5.41) is 0. The quantitative estimate of drug-likeness (QED) is 0.456. The molecule has 108 valence electrons. The Bertz CT molecular complexity index is 204. The maximum absolute atomic E-state index is 11.3. The number of rotatable bonds is 11. The lowest BCUT2D eigenvalue weighted by molar-refractivity contribution is -0.144. The Morgan fingerprint density at radius 3 is 2.22 bits per heavy atom. The summed E-state index contributed by atoms with van der Waals surface area (Å²) in [6.07, 6.45) is 5.21. The fraction of sp³-hybridized carbons (Fsp3) is 0.929. The number of carbonyl (C=O) groups is 1. The van der Waals surface area contributed by atoms with Crippen LogP contribution in [0.5, 0.6) is 0 Å². The van der Waals surface area contributed by atoms with Crippen molar-refractivity contribution in [3.8, 4) is 0 Å². The van der Waals surface area contributed by atoms with E-state index in [1.165, 1.54) is 12.8 Å². The molecule has 1 unspecified atom stereocenters. The average Bonchev–Trinajstić information content (AvgIpc) is 2.35. The van der Waals surface area contributed by atoms with Gasteiger partial charge in [-0.25, -0.2) is 0 Å². The number of hydrogen-bond acceptors (Lipinski definition) is 4. The van der Waals surface area contributed by atoms with Gasteiger partial charge in [-0.05, 0) is 52.2 Å². The van der Waals surface area contributed by atoms with Gasteiger partial charge in [0.05, 0.1) is 6.61 Å². The van der Waals surface area contributed by atoms with Crippen LogP contribution in [0.15, 0.2) is 0 Å². The third kappa shape index (κ3) is 8.48. The van der Waals surface area contributed by atoms with E-state index >= 15 is 0 Å². The molecular weight excluding hydrogens is 228 g/mol. The zero-order valence-electron chi connectivity index (χ0n) is 12.3. The van der Waals surface area contributed by atoms with Crippen molar-refractivity contribution < 1.29 is 9.53 Å². The first kappa shape index (κ1) is 17.4. The number of nitrogens with two attached hydrogens (primary N) is 1. The van der Waals surface area contributed by atoms with Crippen molar-refractivity contribution in [1.29, 1.82) is 0 Å². The Morgan fingerprint density at radius 2 is 1.72 bits per heavy atom. The number of carbonyl (C=O) groups excluding carboxylic acids is 1. The molecule has 0 aliphatic carbocycles. The number of ether oxygens (including phenoxy) is 1. The molecule has 2 N–H and O–H groups in total. The predicted molar refractivity (Wildman–Crippen MR) is 75.5 cm³/mol. The van der Waals surface area contributed by atoms with Gasteiger partial charge in [0.25, 0.3) is 0 Å². The van der Waals surface area contributed by atoms with Gasteiger partial charge in [-0.2, -0.15) is 0 Å². The summed E-state index contributed by atoms with van der Waals surface area (Å²) in [5.74, 6) is -0.267. The summed E-state index contributed by atoms with van der Waals surface area (Å²) in [6.45, 7) is 10.1. The molecule has 4 heteroatoms. The van der Waals surface area contributed by atoms with E-state index in [0.717, 1.165) is 38.9 Å². The second-order valence-electron chi connectivity index (χ2n) is 4.70. The molecule has 4 nitrogen and oxygen atoms in total. The maximum atomic E-state index is 11.3. The molecule has 1 atom stereocenters. The Kier molecular flexibility index (Phi) is 11.1. The summed E-state index contributed by atoms with van der Waals surface area (Å²) in [5.41, 5.74) is 5.75. The van der Waals surface area contributed by atoms with Gasteiger partial charge in [0, 0.05) is 0 Å². The zero-order valence-corrected chi connectivity index (χ0v) is 12.3. The van der Waals surface area contributed by atoms with Crippen LogP contribution >= 0.6 is 0 Å². The molecule has 0 rings (SSSR count). The number of esters is 1. The standard InChI is InChI=1S/C14H30N2O2/c1-4-10-16(11-5-2)12-8-7-9-13(15)14(17)18-6-3/h13H,4-12,15H2,1-3H3. The molecular formula is C14H30N2O2. The van der Waals surface area contributed by atoms with E-state index in [9.17, 15) is 4.79 Å². The Labute approximate surface area is 112 Å². The normalized spacial score (nSPS) is 12.7. The first-order chi connectivity index (χ1) is 8.65. The summed E-state index contributed by atoms with van der Waals surface area (Å²) >= 11 is 0. The summed E-state index contributed by atoms with van der Waals surface area (Å²) in [4.78, 5) is 13.8. The van der Waals surface area contributed by atoms with Crippen LogP contribution in [0.1, 0.15) is 52.9 Å². The van der Waals surface area contributed by atoms with Gasteiger partial charge in [0.1, 0.15) is 6.04 Å². The van der Waals surface area contributed by atoms with Crippen LogP contribution in [0.4, 0.5) is 0 Å². The number of hydrogen-bond donors (Lipinski definition) is 1. The minimum Gasteiger partial charge on any atom is -0.465 e. The molecule has 0 amide bonds. The highest BCUT2D eigenvalue weighted by Gasteiger charge is 2.13. The molecule has 18 heavy (non-hydrogen) atoms. The summed E-state index contributed by atoms with van der Waals surface area (Å²) < 4.78 is 4.88. The molecule has 0 heterocycles. The van der Waals surface area contributed by atoms with Crippen molar-refractivity contribution in [1.82, 2.24) is 4.90 Å². The first-order valence-corrected chi connectivity index (χ1v) is 7.30. The lowest BCUT2D eigenvalue weighted by Gasteiger charge is -2.21. The van der Waals surface area contributed by atoms with Crippen molar-refractivity contribution in [3.63, 3.8) is 0 Å². The first-order valence-electron chi connectivity index (χ1n) is 7.30. The molecule has 0 aliphatic heterocycles. The van der Waals surface area contributed by atoms with Crippen molar-refractivity contribution in [2.24, 2.45) is 5.73 Å². The van der Waals surface area contributed by atoms with Gasteiger partial charge in [-0.1, -0.05) is 20.3 Å². The third-order valence-electron chi connectivity index (χ3n) is 2.91. The minimum atomic E-state index is -0.448. The molecule has 0 aromatic rings. The van der Waals surface area contributed by atoms with Crippen LogP contribution in [0.25, 0.3) is 0 Å². The van der Waals surface area contributed by atoms with Gasteiger partial charge in [-0.3, -0.25) is 4.79 Å². The highest BCUT2D eigenvalue weighted by atomic mass is 16.5. The summed E-state index contributed by atoms with van der Waals surface area (Å²) in [6, 6.07) is -0.448. The highest BCUT2D eigenvalue weighted by molar-refractivity contribution is 5.75. The van der Waals surface area contributed by atoms with Crippen molar-refractivity contribution in [2.75, 3.05) is 26.2 Å². The SMILES string of the molecule is CCCN(CCC)CCCCC(N)C(=O)OCC. The minimum absolute atomic E-state index is 0.267. The molecule has 0 bridgehead atoms. The zero-order chi connectivity index (χ0) is 13.8. The van der Waals surface area contributed by atoms with E-state index in [2.05, 4.69) is 18.7 Å². The molecule has 0 radical (unpaired) electrons. The van der Waals surface area contributed by atoms with E-state index in [1.807, 2.05) is 0 Å². The Morgan fingerprint density at radius 1 is 1.11 bits per heavy atom. The van der Waals surface area contributed by atoms with Crippen molar-refractivity contribution in [2.45, 2.75) is 58.9 Å². The molecule has 0 fully saturated rings. The fourth-order valence-corrected chi connectivity index (χ4v) is 2.03.